The zero-order valence-corrected chi connectivity index (χ0v) is 11.9. The molecule has 0 aromatic rings. The third-order valence-electron chi connectivity index (χ3n) is 4.34. The van der Waals surface area contributed by atoms with Gasteiger partial charge in [-0.15, -0.1) is 5.98 Å². The third kappa shape index (κ3) is 5.04. The molecule has 0 saturated carbocycles. The lowest BCUT2D eigenvalue weighted by molar-refractivity contribution is 0.627. The third-order valence-corrected chi connectivity index (χ3v) is 4.34. The molecule has 0 spiro atoms. The van der Waals surface area contributed by atoms with Crippen LogP contribution in [0.2, 0.25) is 6.32 Å². The van der Waals surface area contributed by atoms with E-state index in [1.807, 2.05) is 0 Å². The molecule has 0 nitrogen and oxygen atoms in total. The SMILES string of the molecule is [B]1/C=C(/C2=C/CCCCCCC2)CCCCCC1. The summed E-state index contributed by atoms with van der Waals surface area (Å²) in [5.74, 6) is 2.45. The van der Waals surface area contributed by atoms with Crippen molar-refractivity contribution >= 4 is 7.28 Å². The lowest BCUT2D eigenvalue weighted by Crippen LogP contribution is -1.94. The molecule has 1 aliphatic carbocycles. The van der Waals surface area contributed by atoms with Crippen molar-refractivity contribution in [2.45, 2.75) is 83.4 Å². The first-order valence-corrected chi connectivity index (χ1v) is 8.18. The fourth-order valence-electron chi connectivity index (χ4n) is 3.17. The van der Waals surface area contributed by atoms with Gasteiger partial charge in [-0.25, -0.2) is 0 Å². The fourth-order valence-corrected chi connectivity index (χ4v) is 3.17. The van der Waals surface area contributed by atoms with Crippen LogP contribution in [0.15, 0.2) is 23.2 Å². The highest BCUT2D eigenvalue weighted by Gasteiger charge is 2.08. The summed E-state index contributed by atoms with van der Waals surface area (Å²) in [6.45, 7) is 0. The lowest BCUT2D eigenvalue weighted by atomic mass is 9.70. The summed E-state index contributed by atoms with van der Waals surface area (Å²) in [6.07, 6.45) is 20.6. The molecule has 0 N–H and O–H groups in total. The highest BCUT2D eigenvalue weighted by atomic mass is 14.1. The maximum Gasteiger partial charge on any atom is 0.141 e. The van der Waals surface area contributed by atoms with Crippen LogP contribution in [0.25, 0.3) is 0 Å². The van der Waals surface area contributed by atoms with E-state index in [-0.39, 0.29) is 0 Å². The average Bonchev–Trinajstić information content (AvgIpc) is 2.61. The van der Waals surface area contributed by atoms with Gasteiger partial charge in [0.05, 0.1) is 0 Å². The van der Waals surface area contributed by atoms with Crippen molar-refractivity contribution < 1.29 is 0 Å². The van der Waals surface area contributed by atoms with Crippen LogP contribution >= 0.6 is 0 Å². The minimum Gasteiger partial charge on any atom is -0.119 e. The maximum absolute atomic E-state index is 2.56. The van der Waals surface area contributed by atoms with Crippen molar-refractivity contribution in [3.63, 3.8) is 0 Å². The molecule has 0 unspecified atom stereocenters. The molecule has 99 valence electrons. The van der Waals surface area contributed by atoms with Crippen LogP contribution in [-0.4, -0.2) is 7.28 Å². The second kappa shape index (κ2) is 8.61. The molecular weight excluding hydrogens is 215 g/mol. The van der Waals surface area contributed by atoms with Crippen molar-refractivity contribution in [1.82, 2.24) is 0 Å². The molecular formula is C17H28B. The molecule has 1 heteroatoms. The van der Waals surface area contributed by atoms with Crippen LogP contribution in [0, 0.1) is 0 Å². The Balaban J connectivity index is 1.99. The summed E-state index contributed by atoms with van der Waals surface area (Å²) in [6, 6.07) is 0. The highest BCUT2D eigenvalue weighted by molar-refractivity contribution is 6.42. The Morgan fingerprint density at radius 3 is 2.22 bits per heavy atom. The minimum atomic E-state index is 1.29. The van der Waals surface area contributed by atoms with Gasteiger partial charge < -0.3 is 0 Å². The molecule has 2 rings (SSSR count). The van der Waals surface area contributed by atoms with E-state index in [9.17, 15) is 0 Å². The van der Waals surface area contributed by atoms with Gasteiger partial charge in [0.2, 0.25) is 0 Å². The van der Waals surface area contributed by atoms with Gasteiger partial charge >= 0.3 is 0 Å². The summed E-state index contributed by atoms with van der Waals surface area (Å²) in [5.41, 5.74) is 3.36. The molecule has 0 fully saturated rings. The summed E-state index contributed by atoms with van der Waals surface area (Å²) >= 11 is 0. The van der Waals surface area contributed by atoms with Crippen LogP contribution in [-0.2, 0) is 0 Å². The molecule has 2 aliphatic rings. The summed E-state index contributed by atoms with van der Waals surface area (Å²) in [7, 11) is 2.42. The van der Waals surface area contributed by atoms with E-state index in [2.05, 4.69) is 19.3 Å². The van der Waals surface area contributed by atoms with Gasteiger partial charge in [-0.3, -0.25) is 0 Å². The highest BCUT2D eigenvalue weighted by Crippen LogP contribution is 2.27. The Bertz CT molecular complexity index is 258. The molecule has 0 atom stereocenters. The standard InChI is InChI=1S/C17H28B/c1-2-4-8-12-16(11-7-3-1)17-13-9-5-6-10-14-18-15-17/h11,15H,1-10,12-14H2/b16-11+,17-15+. The topological polar surface area (TPSA) is 0 Å². The molecule has 18 heavy (non-hydrogen) atoms. The lowest BCUT2D eigenvalue weighted by Gasteiger charge is -2.12. The largest absolute Gasteiger partial charge is 0.141 e. The molecule has 0 bridgehead atoms. The van der Waals surface area contributed by atoms with Gasteiger partial charge in [0.1, 0.15) is 7.28 Å². The average molecular weight is 243 g/mol. The number of hydrogen-bond donors (Lipinski definition) is 0. The molecule has 0 aromatic heterocycles. The van der Waals surface area contributed by atoms with Crippen LogP contribution in [0.1, 0.15) is 77.0 Å². The van der Waals surface area contributed by atoms with E-state index in [1.54, 1.807) is 11.1 Å². The normalized spacial score (nSPS) is 29.8. The first kappa shape index (κ1) is 14.0. The monoisotopic (exact) mass is 243 g/mol. The van der Waals surface area contributed by atoms with Crippen molar-refractivity contribution in [3.05, 3.63) is 23.2 Å². The van der Waals surface area contributed by atoms with E-state index in [1.165, 1.54) is 83.4 Å². The first-order valence-electron chi connectivity index (χ1n) is 8.18. The van der Waals surface area contributed by atoms with Gasteiger partial charge in [-0.2, -0.15) is 0 Å². The van der Waals surface area contributed by atoms with Gasteiger partial charge in [-0.05, 0) is 44.1 Å². The molecule has 0 aromatic carbocycles. The minimum absolute atomic E-state index is 1.29. The summed E-state index contributed by atoms with van der Waals surface area (Å²) < 4.78 is 0. The van der Waals surface area contributed by atoms with Gasteiger partial charge in [-0.1, -0.05) is 56.5 Å². The Kier molecular flexibility index (Phi) is 6.68. The van der Waals surface area contributed by atoms with E-state index in [4.69, 9.17) is 0 Å². The number of rotatable bonds is 1. The molecule has 1 heterocycles. The van der Waals surface area contributed by atoms with Crippen LogP contribution in [0.5, 0.6) is 0 Å². The zero-order chi connectivity index (χ0) is 12.5. The van der Waals surface area contributed by atoms with Gasteiger partial charge in [0.15, 0.2) is 0 Å². The van der Waals surface area contributed by atoms with Crippen LogP contribution < -0.4 is 0 Å². The summed E-state index contributed by atoms with van der Waals surface area (Å²) in [5, 5.41) is 0. The smallest absolute Gasteiger partial charge is 0.119 e. The van der Waals surface area contributed by atoms with Crippen LogP contribution in [0.4, 0.5) is 0 Å². The predicted molar refractivity (Wildman–Crippen MR) is 82.1 cm³/mol. The Hall–Kier alpha value is -0.455. The first-order chi connectivity index (χ1) is 8.97. The molecule has 0 amide bonds. The van der Waals surface area contributed by atoms with Crippen molar-refractivity contribution in [3.8, 4) is 0 Å². The van der Waals surface area contributed by atoms with E-state index in [0.717, 1.165) is 0 Å². The quantitative estimate of drug-likeness (QED) is 0.524. The van der Waals surface area contributed by atoms with E-state index in [0.29, 0.717) is 0 Å². The second-order valence-corrected chi connectivity index (χ2v) is 5.92. The Morgan fingerprint density at radius 2 is 1.33 bits per heavy atom. The number of hydrogen-bond acceptors (Lipinski definition) is 0. The van der Waals surface area contributed by atoms with Crippen LogP contribution in [0.3, 0.4) is 0 Å². The van der Waals surface area contributed by atoms with Gasteiger partial charge in [0.25, 0.3) is 0 Å². The molecule has 1 aliphatic heterocycles. The van der Waals surface area contributed by atoms with Gasteiger partial charge in [0, 0.05) is 0 Å². The van der Waals surface area contributed by atoms with E-state index < -0.39 is 0 Å². The zero-order valence-electron chi connectivity index (χ0n) is 11.9. The Labute approximate surface area is 114 Å². The fraction of sp³-hybridized carbons (Fsp3) is 0.765. The summed E-state index contributed by atoms with van der Waals surface area (Å²) in [4.78, 5) is 0. The Morgan fingerprint density at radius 1 is 0.667 bits per heavy atom. The molecule has 1 radical (unpaired) electrons. The van der Waals surface area contributed by atoms with Crippen molar-refractivity contribution in [2.24, 2.45) is 0 Å². The number of allylic oxidation sites excluding steroid dienone is 3. The van der Waals surface area contributed by atoms with Crippen molar-refractivity contribution in [2.75, 3.05) is 0 Å². The van der Waals surface area contributed by atoms with E-state index >= 15 is 0 Å². The maximum atomic E-state index is 2.56. The second-order valence-electron chi connectivity index (χ2n) is 5.92. The van der Waals surface area contributed by atoms with Crippen molar-refractivity contribution in [1.29, 1.82) is 0 Å². The predicted octanol–water partition coefficient (Wildman–Crippen LogP) is 5.63. The molecule has 0 saturated heterocycles.